The number of aromatic amines is 1. The van der Waals surface area contributed by atoms with Crippen LogP contribution >= 0.6 is 11.3 Å². The molecule has 0 radical (unpaired) electrons. The lowest BCUT2D eigenvalue weighted by Gasteiger charge is -1.99. The Bertz CT molecular complexity index is 693. The van der Waals surface area contributed by atoms with E-state index in [0.717, 1.165) is 23.7 Å². The Morgan fingerprint density at radius 1 is 1.45 bits per heavy atom. The minimum Gasteiger partial charge on any atom is -0.461 e. The molecule has 0 bridgehead atoms. The molecule has 0 spiro atoms. The third-order valence-corrected chi connectivity index (χ3v) is 2.88. The number of H-pyrrole nitrogens is 1. The van der Waals surface area contributed by atoms with Crippen molar-refractivity contribution in [2.75, 3.05) is 11.9 Å². The standard InChI is InChI=1S/C11H10N4O4S/c1-2-19-10(18)7-4-20-11(14-7)15-9(17)6-3-8(16)13-5-12-6/h3-5H,2H2,1H3,(H,12,13,16)(H,14,15,17). The highest BCUT2D eigenvalue weighted by molar-refractivity contribution is 7.14. The molecule has 1 amide bonds. The molecule has 2 rings (SSSR count). The maximum Gasteiger partial charge on any atom is 0.357 e. The summed E-state index contributed by atoms with van der Waals surface area (Å²) in [6.45, 7) is 1.93. The van der Waals surface area contributed by atoms with Crippen molar-refractivity contribution in [3.05, 3.63) is 39.5 Å². The predicted octanol–water partition coefficient (Wildman–Crippen LogP) is 0.655. The molecule has 104 valence electrons. The fourth-order valence-corrected chi connectivity index (χ4v) is 1.96. The third kappa shape index (κ3) is 3.26. The van der Waals surface area contributed by atoms with E-state index in [1.165, 1.54) is 5.38 Å². The molecule has 0 saturated heterocycles. The van der Waals surface area contributed by atoms with Crippen LogP contribution in [0.15, 0.2) is 22.6 Å². The highest BCUT2D eigenvalue weighted by Gasteiger charge is 2.14. The molecule has 0 aliphatic rings. The Balaban J connectivity index is 2.09. The van der Waals surface area contributed by atoms with Gasteiger partial charge in [-0.15, -0.1) is 11.3 Å². The number of hydrogen-bond acceptors (Lipinski definition) is 7. The molecule has 0 unspecified atom stereocenters. The molecular formula is C11H10N4O4S. The number of carbonyl (C=O) groups is 2. The van der Waals surface area contributed by atoms with Crippen LogP contribution in [-0.4, -0.2) is 33.4 Å². The number of rotatable bonds is 4. The van der Waals surface area contributed by atoms with Crippen LogP contribution in [-0.2, 0) is 4.74 Å². The lowest BCUT2D eigenvalue weighted by atomic mass is 10.4. The van der Waals surface area contributed by atoms with Crippen LogP contribution in [0.4, 0.5) is 5.13 Å². The Morgan fingerprint density at radius 3 is 2.95 bits per heavy atom. The van der Waals surface area contributed by atoms with Gasteiger partial charge < -0.3 is 9.72 Å². The predicted molar refractivity (Wildman–Crippen MR) is 70.9 cm³/mol. The van der Waals surface area contributed by atoms with Crippen molar-refractivity contribution in [3.8, 4) is 0 Å². The maximum absolute atomic E-state index is 11.8. The Labute approximate surface area is 116 Å². The van der Waals surface area contributed by atoms with Gasteiger partial charge in [-0.3, -0.25) is 14.9 Å². The molecular weight excluding hydrogens is 284 g/mol. The van der Waals surface area contributed by atoms with Crippen LogP contribution in [0.5, 0.6) is 0 Å². The summed E-state index contributed by atoms with van der Waals surface area (Å²) in [5, 5.41) is 4.14. The zero-order valence-corrected chi connectivity index (χ0v) is 11.2. The minimum atomic E-state index is -0.583. The molecule has 0 atom stereocenters. The summed E-state index contributed by atoms with van der Waals surface area (Å²) in [6, 6.07) is 1.06. The molecule has 0 aliphatic heterocycles. The second kappa shape index (κ2) is 6.06. The number of anilines is 1. The maximum atomic E-state index is 11.8. The van der Waals surface area contributed by atoms with Crippen LogP contribution in [0, 0.1) is 0 Å². The lowest BCUT2D eigenvalue weighted by Crippen LogP contribution is -2.17. The molecule has 2 heterocycles. The summed E-state index contributed by atoms with van der Waals surface area (Å²) >= 11 is 1.07. The van der Waals surface area contributed by atoms with Crippen LogP contribution in [0.3, 0.4) is 0 Å². The van der Waals surface area contributed by atoms with Gasteiger partial charge in [0.2, 0.25) is 0 Å². The number of ether oxygens (including phenoxy) is 1. The number of nitrogens with zero attached hydrogens (tertiary/aromatic N) is 2. The van der Waals surface area contributed by atoms with Gasteiger partial charge in [0.25, 0.3) is 11.5 Å². The van der Waals surface area contributed by atoms with Crippen molar-refractivity contribution in [2.24, 2.45) is 0 Å². The molecule has 2 aromatic rings. The number of aromatic nitrogens is 3. The fourth-order valence-electron chi connectivity index (χ4n) is 1.28. The topological polar surface area (TPSA) is 114 Å². The van der Waals surface area contributed by atoms with Crippen molar-refractivity contribution in [1.29, 1.82) is 0 Å². The van der Waals surface area contributed by atoms with E-state index in [9.17, 15) is 14.4 Å². The SMILES string of the molecule is CCOC(=O)c1csc(NC(=O)c2cc(=O)[nH]cn2)n1. The summed E-state index contributed by atoms with van der Waals surface area (Å²) in [4.78, 5) is 44.2. The number of esters is 1. The second-order valence-electron chi connectivity index (χ2n) is 3.51. The van der Waals surface area contributed by atoms with Gasteiger partial charge in [0, 0.05) is 11.4 Å². The average Bonchev–Trinajstić information content (AvgIpc) is 2.87. The minimum absolute atomic E-state index is 0.0402. The van der Waals surface area contributed by atoms with E-state index in [4.69, 9.17) is 4.74 Å². The van der Waals surface area contributed by atoms with Crippen LogP contribution in [0.2, 0.25) is 0 Å². The van der Waals surface area contributed by atoms with Crippen molar-refractivity contribution < 1.29 is 14.3 Å². The molecule has 0 aliphatic carbocycles. The first-order valence-corrected chi connectivity index (χ1v) is 6.47. The summed E-state index contributed by atoms with van der Waals surface area (Å²) in [6.07, 6.45) is 1.13. The molecule has 20 heavy (non-hydrogen) atoms. The van der Waals surface area contributed by atoms with Gasteiger partial charge in [0.1, 0.15) is 5.69 Å². The van der Waals surface area contributed by atoms with Crippen molar-refractivity contribution >= 4 is 28.3 Å². The highest BCUT2D eigenvalue weighted by atomic mass is 32.1. The Kier molecular flexibility index (Phi) is 4.20. The largest absolute Gasteiger partial charge is 0.461 e. The summed E-state index contributed by atoms with van der Waals surface area (Å²) in [7, 11) is 0. The third-order valence-electron chi connectivity index (χ3n) is 2.12. The molecule has 8 nitrogen and oxygen atoms in total. The van der Waals surface area contributed by atoms with Crippen molar-refractivity contribution in [1.82, 2.24) is 15.0 Å². The van der Waals surface area contributed by atoms with Crippen LogP contribution < -0.4 is 10.9 Å². The van der Waals surface area contributed by atoms with E-state index in [1.54, 1.807) is 6.92 Å². The molecule has 9 heteroatoms. The van der Waals surface area contributed by atoms with Crippen molar-refractivity contribution in [3.63, 3.8) is 0 Å². The molecule has 0 aromatic carbocycles. The number of nitrogens with one attached hydrogen (secondary N) is 2. The number of thiazole rings is 1. The summed E-state index contributed by atoms with van der Waals surface area (Å²) < 4.78 is 4.78. The lowest BCUT2D eigenvalue weighted by molar-refractivity contribution is 0.0520. The van der Waals surface area contributed by atoms with Gasteiger partial charge in [-0.2, -0.15) is 0 Å². The highest BCUT2D eigenvalue weighted by Crippen LogP contribution is 2.16. The number of carbonyl (C=O) groups excluding carboxylic acids is 2. The van der Waals surface area contributed by atoms with E-state index in [2.05, 4.69) is 20.3 Å². The fraction of sp³-hybridized carbons (Fsp3) is 0.182. The molecule has 2 N–H and O–H groups in total. The quantitative estimate of drug-likeness (QED) is 0.800. The van der Waals surface area contributed by atoms with Gasteiger partial charge in [0.05, 0.1) is 12.9 Å². The first-order chi connectivity index (χ1) is 9.60. The van der Waals surface area contributed by atoms with Crippen LogP contribution in [0.1, 0.15) is 27.9 Å². The Hall–Kier alpha value is -2.55. The smallest absolute Gasteiger partial charge is 0.357 e. The van der Waals surface area contributed by atoms with E-state index in [-0.39, 0.29) is 23.1 Å². The Morgan fingerprint density at radius 2 is 2.25 bits per heavy atom. The van der Waals surface area contributed by atoms with E-state index in [0.29, 0.717) is 0 Å². The first-order valence-electron chi connectivity index (χ1n) is 5.59. The number of hydrogen-bond donors (Lipinski definition) is 2. The van der Waals surface area contributed by atoms with E-state index < -0.39 is 17.4 Å². The van der Waals surface area contributed by atoms with Gasteiger partial charge in [-0.25, -0.2) is 14.8 Å². The monoisotopic (exact) mass is 294 g/mol. The zero-order valence-electron chi connectivity index (χ0n) is 10.4. The molecule has 0 saturated carbocycles. The van der Waals surface area contributed by atoms with Gasteiger partial charge in [0.15, 0.2) is 10.8 Å². The van der Waals surface area contributed by atoms with E-state index >= 15 is 0 Å². The summed E-state index contributed by atoms with van der Waals surface area (Å²) in [5.41, 5.74) is -0.357. The average molecular weight is 294 g/mol. The second-order valence-corrected chi connectivity index (χ2v) is 4.37. The van der Waals surface area contributed by atoms with Crippen molar-refractivity contribution in [2.45, 2.75) is 6.92 Å². The van der Waals surface area contributed by atoms with Gasteiger partial charge in [-0.1, -0.05) is 0 Å². The van der Waals surface area contributed by atoms with E-state index in [1.807, 2.05) is 0 Å². The van der Waals surface area contributed by atoms with Gasteiger partial charge in [-0.05, 0) is 6.92 Å². The molecule has 2 aromatic heterocycles. The normalized spacial score (nSPS) is 10.1. The summed E-state index contributed by atoms with van der Waals surface area (Å²) in [5.74, 6) is -1.14. The number of amides is 1. The molecule has 0 fully saturated rings. The van der Waals surface area contributed by atoms with Crippen LogP contribution in [0.25, 0.3) is 0 Å². The zero-order chi connectivity index (χ0) is 14.5. The first kappa shape index (κ1) is 13.9. The van der Waals surface area contributed by atoms with Gasteiger partial charge >= 0.3 is 5.97 Å².